The molecule has 1 saturated heterocycles. The summed E-state index contributed by atoms with van der Waals surface area (Å²) >= 11 is 1.83. The zero-order valence-electron chi connectivity index (χ0n) is 10.4. The molecular weight excluding hydrogens is 230 g/mol. The molecular formula is C13H19N3S. The molecule has 1 aromatic rings. The Bertz CT molecular complexity index is 376. The Balaban J connectivity index is 1.79. The van der Waals surface area contributed by atoms with Gasteiger partial charge in [0.2, 0.25) is 0 Å². The average Bonchev–Trinajstić information content (AvgIpc) is 2.79. The maximum atomic E-state index is 4.58. The van der Waals surface area contributed by atoms with Crippen LogP contribution in [0.25, 0.3) is 0 Å². The van der Waals surface area contributed by atoms with Crippen LogP contribution in [0.1, 0.15) is 19.5 Å². The summed E-state index contributed by atoms with van der Waals surface area (Å²) in [6.07, 6.45) is 2.75. The monoisotopic (exact) mass is 249 g/mol. The number of hydrogen-bond donors (Lipinski definition) is 1. The highest BCUT2D eigenvalue weighted by atomic mass is 32.2. The summed E-state index contributed by atoms with van der Waals surface area (Å²) in [6.45, 7) is 5.31. The van der Waals surface area contributed by atoms with Crippen LogP contribution < -0.4 is 5.32 Å². The fraction of sp³-hybridized carbons (Fsp3) is 0.538. The van der Waals surface area contributed by atoms with Crippen molar-refractivity contribution in [2.75, 3.05) is 12.3 Å². The number of aliphatic imine (C=N–C) groups is 1. The molecule has 1 aliphatic heterocycles. The highest BCUT2D eigenvalue weighted by molar-refractivity contribution is 8.14. The maximum Gasteiger partial charge on any atom is 0.156 e. The lowest BCUT2D eigenvalue weighted by atomic mass is 10.1. The lowest BCUT2D eigenvalue weighted by Crippen LogP contribution is -2.31. The van der Waals surface area contributed by atoms with Gasteiger partial charge in [0, 0.05) is 36.7 Å². The highest BCUT2D eigenvalue weighted by Gasteiger charge is 2.22. The molecule has 0 aliphatic carbocycles. The third-order valence-electron chi connectivity index (χ3n) is 2.86. The number of nitrogens with zero attached hydrogens (tertiary/aromatic N) is 2. The van der Waals surface area contributed by atoms with Gasteiger partial charge in [0.25, 0.3) is 0 Å². The van der Waals surface area contributed by atoms with Crippen molar-refractivity contribution in [1.82, 2.24) is 10.3 Å². The molecule has 4 heteroatoms. The quantitative estimate of drug-likeness (QED) is 0.890. The van der Waals surface area contributed by atoms with Crippen molar-refractivity contribution in [2.24, 2.45) is 10.9 Å². The second kappa shape index (κ2) is 6.05. The number of aromatic nitrogens is 1. The molecule has 3 nitrogen and oxygen atoms in total. The van der Waals surface area contributed by atoms with E-state index in [0.717, 1.165) is 29.6 Å². The zero-order chi connectivity index (χ0) is 12.1. The average molecular weight is 249 g/mol. The van der Waals surface area contributed by atoms with Gasteiger partial charge in [0.1, 0.15) is 0 Å². The molecule has 1 aromatic heterocycles. The standard InChI is InChI=1S/C13H19N3S/c1-10(2)12-9-17-13(16-12)15-8-6-11-5-3-4-7-14-11/h3-5,7,10,12H,6,8-9H2,1-2H3,(H,15,16)/t12-/m1/s1. The van der Waals surface area contributed by atoms with Crippen LogP contribution in [-0.2, 0) is 6.42 Å². The van der Waals surface area contributed by atoms with E-state index in [1.165, 1.54) is 0 Å². The van der Waals surface area contributed by atoms with Crippen molar-refractivity contribution in [2.45, 2.75) is 26.3 Å². The second-order valence-corrected chi connectivity index (χ2v) is 5.57. The summed E-state index contributed by atoms with van der Waals surface area (Å²) in [5, 5.41) is 4.57. The van der Waals surface area contributed by atoms with Crippen molar-refractivity contribution in [3.8, 4) is 0 Å². The normalized spacial score (nSPS) is 22.1. The fourth-order valence-corrected chi connectivity index (χ4v) is 2.90. The lowest BCUT2D eigenvalue weighted by Gasteiger charge is -2.12. The van der Waals surface area contributed by atoms with Gasteiger partial charge in [0.15, 0.2) is 5.17 Å². The van der Waals surface area contributed by atoms with Crippen LogP contribution in [0.15, 0.2) is 29.4 Å². The van der Waals surface area contributed by atoms with Crippen LogP contribution in [-0.4, -0.2) is 28.5 Å². The van der Waals surface area contributed by atoms with Crippen LogP contribution in [0.2, 0.25) is 0 Å². The Kier molecular flexibility index (Phi) is 4.42. The Labute approximate surface area is 107 Å². The van der Waals surface area contributed by atoms with Crippen LogP contribution in [0.5, 0.6) is 0 Å². The lowest BCUT2D eigenvalue weighted by molar-refractivity contribution is 0.503. The summed E-state index contributed by atoms with van der Waals surface area (Å²) in [5.41, 5.74) is 1.11. The Hall–Kier alpha value is -1.03. The fourth-order valence-electron chi connectivity index (χ4n) is 1.68. The van der Waals surface area contributed by atoms with Crippen LogP contribution in [0.4, 0.5) is 0 Å². The molecule has 0 bridgehead atoms. The molecule has 2 heterocycles. The van der Waals surface area contributed by atoms with E-state index in [2.05, 4.69) is 29.1 Å². The van der Waals surface area contributed by atoms with E-state index in [9.17, 15) is 0 Å². The minimum Gasteiger partial charge on any atom is -0.361 e. The molecule has 0 spiro atoms. The third kappa shape index (κ3) is 3.73. The predicted molar refractivity (Wildman–Crippen MR) is 74.5 cm³/mol. The van der Waals surface area contributed by atoms with E-state index in [0.29, 0.717) is 12.0 Å². The van der Waals surface area contributed by atoms with E-state index >= 15 is 0 Å². The van der Waals surface area contributed by atoms with E-state index < -0.39 is 0 Å². The van der Waals surface area contributed by atoms with Gasteiger partial charge in [-0.15, -0.1) is 0 Å². The minimum absolute atomic E-state index is 0.577. The second-order valence-electron chi connectivity index (χ2n) is 4.56. The molecule has 0 saturated carbocycles. The van der Waals surface area contributed by atoms with Crippen molar-refractivity contribution in [3.05, 3.63) is 30.1 Å². The van der Waals surface area contributed by atoms with Crippen molar-refractivity contribution >= 4 is 16.9 Å². The van der Waals surface area contributed by atoms with Gasteiger partial charge in [-0.05, 0) is 18.1 Å². The van der Waals surface area contributed by atoms with Crippen molar-refractivity contribution in [3.63, 3.8) is 0 Å². The summed E-state index contributed by atoms with van der Waals surface area (Å²) < 4.78 is 0. The largest absolute Gasteiger partial charge is 0.361 e. The summed E-state index contributed by atoms with van der Waals surface area (Å²) in [4.78, 5) is 8.87. The SMILES string of the molecule is CC(C)[C@H]1CSC(=NCCc2ccccn2)N1. The maximum absolute atomic E-state index is 4.58. The Morgan fingerprint density at radius 1 is 1.53 bits per heavy atom. The number of hydrogen-bond acceptors (Lipinski definition) is 3. The minimum atomic E-state index is 0.577. The van der Waals surface area contributed by atoms with Crippen molar-refractivity contribution < 1.29 is 0 Å². The molecule has 0 aromatic carbocycles. The first-order valence-corrected chi connectivity index (χ1v) is 7.08. The van der Waals surface area contributed by atoms with E-state index in [1.54, 1.807) is 0 Å². The van der Waals surface area contributed by atoms with E-state index in [1.807, 2.05) is 36.2 Å². The third-order valence-corrected chi connectivity index (χ3v) is 3.91. The van der Waals surface area contributed by atoms with Gasteiger partial charge >= 0.3 is 0 Å². The van der Waals surface area contributed by atoms with E-state index in [4.69, 9.17) is 0 Å². The molecule has 17 heavy (non-hydrogen) atoms. The molecule has 1 N–H and O–H groups in total. The number of rotatable bonds is 4. The number of thioether (sulfide) groups is 1. The Morgan fingerprint density at radius 2 is 2.41 bits per heavy atom. The van der Waals surface area contributed by atoms with Gasteiger partial charge in [-0.3, -0.25) is 9.98 Å². The highest BCUT2D eigenvalue weighted by Crippen LogP contribution is 2.18. The molecule has 0 radical (unpaired) electrons. The topological polar surface area (TPSA) is 37.3 Å². The van der Waals surface area contributed by atoms with Crippen LogP contribution >= 0.6 is 11.8 Å². The number of pyridine rings is 1. The zero-order valence-corrected chi connectivity index (χ0v) is 11.2. The van der Waals surface area contributed by atoms with Gasteiger partial charge < -0.3 is 5.32 Å². The first kappa shape index (κ1) is 12.4. The molecule has 1 fully saturated rings. The van der Waals surface area contributed by atoms with Crippen LogP contribution in [0, 0.1) is 5.92 Å². The smallest absolute Gasteiger partial charge is 0.156 e. The molecule has 1 aliphatic rings. The van der Waals surface area contributed by atoms with Gasteiger partial charge in [-0.1, -0.05) is 31.7 Å². The van der Waals surface area contributed by atoms with Crippen molar-refractivity contribution in [1.29, 1.82) is 0 Å². The number of amidine groups is 1. The molecule has 1 atom stereocenters. The Morgan fingerprint density at radius 3 is 3.06 bits per heavy atom. The molecule has 2 rings (SSSR count). The molecule has 92 valence electrons. The van der Waals surface area contributed by atoms with Gasteiger partial charge in [-0.2, -0.15) is 0 Å². The number of nitrogens with one attached hydrogen (secondary N) is 1. The van der Waals surface area contributed by atoms with Gasteiger partial charge in [0.05, 0.1) is 0 Å². The molecule has 0 unspecified atom stereocenters. The first-order valence-electron chi connectivity index (χ1n) is 6.09. The summed E-state index contributed by atoms with van der Waals surface area (Å²) in [7, 11) is 0. The predicted octanol–water partition coefficient (Wildman–Crippen LogP) is 2.34. The van der Waals surface area contributed by atoms with Gasteiger partial charge in [-0.25, -0.2) is 0 Å². The van der Waals surface area contributed by atoms with Crippen LogP contribution in [0.3, 0.4) is 0 Å². The summed E-state index contributed by atoms with van der Waals surface area (Å²) in [6, 6.07) is 6.59. The molecule has 0 amide bonds. The van der Waals surface area contributed by atoms with E-state index in [-0.39, 0.29) is 0 Å². The summed E-state index contributed by atoms with van der Waals surface area (Å²) in [5.74, 6) is 1.81. The first-order chi connectivity index (χ1) is 8.25.